The lowest BCUT2D eigenvalue weighted by molar-refractivity contribution is -0.114. The van der Waals surface area contributed by atoms with Gasteiger partial charge in [-0.15, -0.1) is 0 Å². The summed E-state index contributed by atoms with van der Waals surface area (Å²) in [4.78, 5) is 24.3. The van der Waals surface area contributed by atoms with Crippen molar-refractivity contribution in [2.24, 2.45) is 0 Å². The fraction of sp³-hybridized carbons (Fsp3) is 0.0909. The number of nitrogens with one attached hydrogen (secondary N) is 1. The maximum atomic E-state index is 13.3. The third-order valence-corrected chi connectivity index (χ3v) is 6.68. The van der Waals surface area contributed by atoms with Gasteiger partial charge >= 0.3 is 0 Å². The zero-order valence-electron chi connectivity index (χ0n) is 16.4. The maximum absolute atomic E-state index is 13.3. The van der Waals surface area contributed by atoms with Gasteiger partial charge in [0.2, 0.25) is 5.91 Å². The molecule has 0 unspecified atom stereocenters. The number of anilines is 2. The highest BCUT2D eigenvalue weighted by atomic mass is 35.5. The van der Waals surface area contributed by atoms with Crippen molar-refractivity contribution >= 4 is 56.3 Å². The summed E-state index contributed by atoms with van der Waals surface area (Å²) in [6.07, 6.45) is 0. The van der Waals surface area contributed by atoms with E-state index < -0.39 is 22.5 Å². The van der Waals surface area contributed by atoms with Gasteiger partial charge in [0.25, 0.3) is 10.0 Å². The summed E-state index contributed by atoms with van der Waals surface area (Å²) >= 11 is 12.3. The number of benzene rings is 3. The molecule has 0 aromatic heterocycles. The average Bonchev–Trinajstić information content (AvgIpc) is 2.74. The third-order valence-electron chi connectivity index (χ3n) is 4.35. The molecule has 160 valence electrons. The second kappa shape index (κ2) is 9.51. The van der Waals surface area contributed by atoms with Crippen LogP contribution in [0.4, 0.5) is 11.4 Å². The molecule has 0 aliphatic rings. The van der Waals surface area contributed by atoms with Crippen molar-refractivity contribution in [2.75, 3.05) is 16.2 Å². The number of sulfonamides is 1. The predicted octanol–water partition coefficient (Wildman–Crippen LogP) is 5.03. The molecule has 0 aliphatic heterocycles. The Bertz CT molecular complexity index is 1230. The van der Waals surface area contributed by atoms with Crippen LogP contribution in [0.25, 0.3) is 0 Å². The molecular weight excluding hydrogens is 459 g/mol. The molecule has 9 heteroatoms. The van der Waals surface area contributed by atoms with E-state index in [1.165, 1.54) is 43.3 Å². The summed E-state index contributed by atoms with van der Waals surface area (Å²) < 4.78 is 27.6. The Labute approximate surface area is 190 Å². The van der Waals surface area contributed by atoms with E-state index in [0.29, 0.717) is 11.3 Å². The first-order valence-corrected chi connectivity index (χ1v) is 11.3. The van der Waals surface area contributed by atoms with Crippen LogP contribution in [0.2, 0.25) is 10.0 Å². The smallest absolute Gasteiger partial charge is 0.264 e. The van der Waals surface area contributed by atoms with Crippen LogP contribution in [0.15, 0.2) is 77.7 Å². The molecule has 0 heterocycles. The highest BCUT2D eigenvalue weighted by Crippen LogP contribution is 2.33. The zero-order chi connectivity index (χ0) is 22.6. The minimum Gasteiger partial charge on any atom is -0.324 e. The lowest BCUT2D eigenvalue weighted by Gasteiger charge is -2.25. The third kappa shape index (κ3) is 5.44. The SMILES string of the molecule is CC(=O)c1cccc(NC(=O)CN(c2cc(Cl)ccc2Cl)S(=O)(=O)c2ccccc2)c1. The topological polar surface area (TPSA) is 83.6 Å². The number of hydrogen-bond acceptors (Lipinski definition) is 4. The fourth-order valence-corrected chi connectivity index (χ4v) is 4.73. The number of carbonyl (C=O) groups is 2. The maximum Gasteiger partial charge on any atom is 0.264 e. The quantitative estimate of drug-likeness (QED) is 0.484. The van der Waals surface area contributed by atoms with Crippen LogP contribution < -0.4 is 9.62 Å². The molecule has 6 nitrogen and oxygen atoms in total. The largest absolute Gasteiger partial charge is 0.324 e. The molecule has 3 aromatic rings. The van der Waals surface area contributed by atoms with Crippen LogP contribution in [0.1, 0.15) is 17.3 Å². The summed E-state index contributed by atoms with van der Waals surface area (Å²) in [6, 6.07) is 18.4. The van der Waals surface area contributed by atoms with Gasteiger partial charge in [-0.1, -0.05) is 53.5 Å². The Hall–Kier alpha value is -2.87. The zero-order valence-corrected chi connectivity index (χ0v) is 18.7. The summed E-state index contributed by atoms with van der Waals surface area (Å²) in [5, 5.41) is 3.01. The van der Waals surface area contributed by atoms with Crippen molar-refractivity contribution in [1.29, 1.82) is 0 Å². The summed E-state index contributed by atoms with van der Waals surface area (Å²) in [5.74, 6) is -0.772. The Kier molecular flexibility index (Phi) is 7.00. The number of rotatable bonds is 7. The van der Waals surface area contributed by atoms with E-state index >= 15 is 0 Å². The van der Waals surface area contributed by atoms with Gasteiger partial charge in [0.15, 0.2) is 5.78 Å². The van der Waals surface area contributed by atoms with Crippen molar-refractivity contribution in [1.82, 2.24) is 0 Å². The highest BCUT2D eigenvalue weighted by Gasteiger charge is 2.29. The van der Waals surface area contributed by atoms with Crippen LogP contribution in [0.5, 0.6) is 0 Å². The van der Waals surface area contributed by atoms with Gasteiger partial charge in [-0.2, -0.15) is 0 Å². The van der Waals surface area contributed by atoms with E-state index in [1.807, 2.05) is 0 Å². The van der Waals surface area contributed by atoms with Crippen LogP contribution >= 0.6 is 23.2 Å². The van der Waals surface area contributed by atoms with Gasteiger partial charge in [0.05, 0.1) is 15.6 Å². The Morgan fingerprint density at radius 2 is 1.65 bits per heavy atom. The molecule has 0 atom stereocenters. The van der Waals surface area contributed by atoms with Crippen LogP contribution in [-0.2, 0) is 14.8 Å². The first-order valence-electron chi connectivity index (χ1n) is 9.12. The number of halogens is 2. The molecule has 31 heavy (non-hydrogen) atoms. The predicted molar refractivity (Wildman–Crippen MR) is 123 cm³/mol. The molecule has 0 bridgehead atoms. The Balaban J connectivity index is 1.97. The molecule has 0 radical (unpaired) electrons. The van der Waals surface area contributed by atoms with E-state index in [-0.39, 0.29) is 26.4 Å². The lowest BCUT2D eigenvalue weighted by Crippen LogP contribution is -2.38. The second-order valence-electron chi connectivity index (χ2n) is 6.61. The van der Waals surface area contributed by atoms with Crippen molar-refractivity contribution < 1.29 is 18.0 Å². The molecule has 0 spiro atoms. The van der Waals surface area contributed by atoms with Crippen molar-refractivity contribution in [2.45, 2.75) is 11.8 Å². The highest BCUT2D eigenvalue weighted by molar-refractivity contribution is 7.92. The van der Waals surface area contributed by atoms with Crippen LogP contribution in [-0.4, -0.2) is 26.7 Å². The number of hydrogen-bond donors (Lipinski definition) is 1. The number of carbonyl (C=O) groups excluding carboxylic acids is 2. The Morgan fingerprint density at radius 1 is 0.935 bits per heavy atom. The molecular formula is C22H18Cl2N2O4S. The number of nitrogens with zero attached hydrogens (tertiary/aromatic N) is 1. The van der Waals surface area contributed by atoms with Crippen molar-refractivity contribution in [3.63, 3.8) is 0 Å². The standard InChI is InChI=1S/C22H18Cl2N2O4S/c1-15(27)16-6-5-7-18(12-16)25-22(28)14-26(21-13-17(23)10-11-20(21)24)31(29,30)19-8-3-2-4-9-19/h2-13H,14H2,1H3,(H,25,28). The van der Waals surface area contributed by atoms with Gasteiger partial charge in [-0.05, 0) is 49.4 Å². The van der Waals surface area contributed by atoms with Gasteiger partial charge in [-0.3, -0.25) is 13.9 Å². The summed E-state index contributed by atoms with van der Waals surface area (Å²) in [7, 11) is -4.13. The lowest BCUT2D eigenvalue weighted by atomic mass is 10.1. The van der Waals surface area contributed by atoms with Gasteiger partial charge in [0.1, 0.15) is 6.54 Å². The Morgan fingerprint density at radius 3 is 2.32 bits per heavy atom. The fourth-order valence-electron chi connectivity index (χ4n) is 2.84. The minimum atomic E-state index is -4.13. The molecule has 0 fully saturated rings. The first kappa shape index (κ1) is 22.8. The monoisotopic (exact) mass is 476 g/mol. The van der Waals surface area contributed by atoms with Crippen molar-refractivity contribution in [3.05, 3.63) is 88.4 Å². The number of Topliss-reactive ketones (excluding diaryl/α,β-unsaturated/α-hetero) is 1. The van der Waals surface area contributed by atoms with E-state index in [1.54, 1.807) is 36.4 Å². The summed E-state index contributed by atoms with van der Waals surface area (Å²) in [5.41, 5.74) is 0.863. The van der Waals surface area contributed by atoms with Gasteiger partial charge in [-0.25, -0.2) is 8.42 Å². The van der Waals surface area contributed by atoms with Gasteiger partial charge in [0, 0.05) is 16.3 Å². The minimum absolute atomic E-state index is 0.00239. The molecule has 1 amide bonds. The van der Waals surface area contributed by atoms with Crippen molar-refractivity contribution in [3.8, 4) is 0 Å². The van der Waals surface area contributed by atoms with E-state index in [2.05, 4.69) is 5.32 Å². The second-order valence-corrected chi connectivity index (χ2v) is 9.31. The average molecular weight is 477 g/mol. The van der Waals surface area contributed by atoms with E-state index in [0.717, 1.165) is 4.31 Å². The molecule has 3 aromatic carbocycles. The summed E-state index contributed by atoms with van der Waals surface area (Å²) in [6.45, 7) is 0.859. The molecule has 3 rings (SSSR count). The van der Waals surface area contributed by atoms with Gasteiger partial charge < -0.3 is 5.32 Å². The van der Waals surface area contributed by atoms with Crippen LogP contribution in [0.3, 0.4) is 0 Å². The van der Waals surface area contributed by atoms with E-state index in [4.69, 9.17) is 23.2 Å². The van der Waals surface area contributed by atoms with Crippen LogP contribution in [0, 0.1) is 0 Å². The molecule has 0 saturated carbocycles. The molecule has 1 N–H and O–H groups in total. The number of amides is 1. The first-order chi connectivity index (χ1) is 14.7. The number of ketones is 1. The van der Waals surface area contributed by atoms with E-state index in [9.17, 15) is 18.0 Å². The normalized spacial score (nSPS) is 11.1. The molecule has 0 saturated heterocycles. The molecule has 0 aliphatic carbocycles.